The number of ether oxygens (including phenoxy) is 2. The Kier molecular flexibility index (Phi) is 5.38. The Hall–Kier alpha value is -2.97. The van der Waals surface area contributed by atoms with Crippen molar-refractivity contribution >= 4 is 33.9 Å². The van der Waals surface area contributed by atoms with E-state index in [1.807, 2.05) is 6.92 Å². The molecule has 0 aliphatic rings. The molecule has 1 aromatic carbocycles. The van der Waals surface area contributed by atoms with Crippen molar-refractivity contribution in [3.05, 3.63) is 52.8 Å². The molecule has 7 nitrogen and oxygen atoms in total. The maximum absolute atomic E-state index is 9.58. The number of aromatic nitrogens is 1. The lowest BCUT2D eigenvalue weighted by Crippen LogP contribution is -2.21. The number of fused-ring (bicyclic) bond motifs is 1. The Labute approximate surface area is 161 Å². The van der Waals surface area contributed by atoms with Gasteiger partial charge >= 0.3 is 0 Å². The second kappa shape index (κ2) is 7.73. The number of aliphatic hydroxyl groups is 1. The third-order valence-corrected chi connectivity index (χ3v) is 4.27. The summed E-state index contributed by atoms with van der Waals surface area (Å²) in [5.41, 5.74) is 8.93. The van der Waals surface area contributed by atoms with Crippen LogP contribution >= 0.6 is 12.2 Å². The Bertz CT molecular complexity index is 1070. The maximum atomic E-state index is 9.58. The van der Waals surface area contributed by atoms with Gasteiger partial charge in [0.15, 0.2) is 5.58 Å². The second-order valence-electron chi connectivity index (χ2n) is 5.78. The molecule has 140 valence electrons. The minimum absolute atomic E-state index is 0.132. The van der Waals surface area contributed by atoms with Crippen LogP contribution in [0.1, 0.15) is 16.8 Å². The lowest BCUT2D eigenvalue weighted by molar-refractivity contribution is 0.282. The number of thiocarbonyl (C=S) groups is 1. The molecule has 0 amide bonds. The minimum Gasteiger partial charge on any atom is -0.497 e. The summed E-state index contributed by atoms with van der Waals surface area (Å²) in [6.45, 7) is 1.63. The summed E-state index contributed by atoms with van der Waals surface area (Å²) in [4.78, 5) is 8.93. The first kappa shape index (κ1) is 18.8. The summed E-state index contributed by atoms with van der Waals surface area (Å²) in [5.74, 6) is 1.18. The van der Waals surface area contributed by atoms with Crippen LogP contribution < -0.4 is 20.8 Å². The maximum Gasteiger partial charge on any atom is 0.230 e. The fraction of sp³-hybridized carbons (Fsp3) is 0.211. The quantitative estimate of drug-likeness (QED) is 0.651. The average Bonchev–Trinajstić information content (AvgIpc) is 2.67. The highest BCUT2D eigenvalue weighted by atomic mass is 32.1. The van der Waals surface area contributed by atoms with E-state index in [-0.39, 0.29) is 17.1 Å². The topological polar surface area (TPSA) is 103 Å². The molecule has 0 atom stereocenters. The molecular weight excluding hydrogens is 366 g/mol. The highest BCUT2D eigenvalue weighted by Gasteiger charge is 2.13. The third kappa shape index (κ3) is 3.76. The van der Waals surface area contributed by atoms with Crippen LogP contribution in [0.25, 0.3) is 11.0 Å². The molecule has 0 fully saturated rings. The van der Waals surface area contributed by atoms with E-state index in [9.17, 15) is 5.11 Å². The van der Waals surface area contributed by atoms with Crippen molar-refractivity contribution in [3.8, 4) is 11.5 Å². The SMILES string of the molecule is COc1cc(N=c2oc3c(C)ncc(CO)c3cc2C(N)=S)cc(OC)c1. The van der Waals surface area contributed by atoms with Crippen molar-refractivity contribution in [1.82, 2.24) is 4.98 Å². The van der Waals surface area contributed by atoms with E-state index in [4.69, 9.17) is 31.8 Å². The number of hydrogen-bond acceptors (Lipinski definition) is 7. The van der Waals surface area contributed by atoms with Gasteiger partial charge in [-0.3, -0.25) is 4.98 Å². The van der Waals surface area contributed by atoms with Gasteiger partial charge < -0.3 is 24.7 Å². The van der Waals surface area contributed by atoms with Crippen molar-refractivity contribution in [2.75, 3.05) is 14.2 Å². The lowest BCUT2D eigenvalue weighted by Gasteiger charge is -2.09. The molecule has 2 aromatic heterocycles. The molecule has 3 aromatic rings. The molecule has 0 aliphatic carbocycles. The van der Waals surface area contributed by atoms with Crippen molar-refractivity contribution < 1.29 is 19.0 Å². The number of aliphatic hydroxyl groups excluding tert-OH is 1. The van der Waals surface area contributed by atoms with Gasteiger partial charge in [0.25, 0.3) is 0 Å². The molecule has 0 aliphatic heterocycles. The number of aryl methyl sites for hydroxylation is 1. The molecule has 0 unspecified atom stereocenters. The Balaban J connectivity index is 2.33. The van der Waals surface area contributed by atoms with Crippen LogP contribution in [0, 0.1) is 6.92 Å². The van der Waals surface area contributed by atoms with E-state index >= 15 is 0 Å². The average molecular weight is 385 g/mol. The van der Waals surface area contributed by atoms with E-state index < -0.39 is 0 Å². The fourth-order valence-corrected chi connectivity index (χ4v) is 2.79. The molecule has 0 bridgehead atoms. The fourth-order valence-electron chi connectivity index (χ4n) is 2.65. The molecule has 3 N–H and O–H groups in total. The van der Waals surface area contributed by atoms with Gasteiger partial charge in [-0.05, 0) is 13.0 Å². The van der Waals surface area contributed by atoms with Gasteiger partial charge in [0.05, 0.1) is 37.8 Å². The second-order valence-corrected chi connectivity index (χ2v) is 6.22. The number of nitrogens with two attached hydrogens (primary N) is 1. The number of hydrogen-bond donors (Lipinski definition) is 2. The van der Waals surface area contributed by atoms with E-state index in [0.717, 1.165) is 0 Å². The minimum atomic E-state index is -0.181. The lowest BCUT2D eigenvalue weighted by atomic mass is 10.1. The highest BCUT2D eigenvalue weighted by molar-refractivity contribution is 7.80. The third-order valence-electron chi connectivity index (χ3n) is 4.05. The van der Waals surface area contributed by atoms with Gasteiger partial charge in [0.1, 0.15) is 16.5 Å². The summed E-state index contributed by atoms with van der Waals surface area (Å²) in [6.07, 6.45) is 1.60. The van der Waals surface area contributed by atoms with Crippen LogP contribution in [0.5, 0.6) is 11.5 Å². The Morgan fingerprint density at radius 1 is 1.22 bits per heavy atom. The first-order valence-electron chi connectivity index (χ1n) is 8.07. The first-order valence-corrected chi connectivity index (χ1v) is 8.48. The zero-order valence-electron chi connectivity index (χ0n) is 15.1. The molecule has 27 heavy (non-hydrogen) atoms. The molecule has 0 saturated carbocycles. The number of benzene rings is 1. The molecule has 2 heterocycles. The van der Waals surface area contributed by atoms with Crippen LogP contribution in [-0.2, 0) is 6.61 Å². The Morgan fingerprint density at radius 3 is 2.44 bits per heavy atom. The van der Waals surface area contributed by atoms with Crippen molar-refractivity contribution in [1.29, 1.82) is 0 Å². The van der Waals surface area contributed by atoms with Crippen LogP contribution in [0.15, 0.2) is 39.9 Å². The molecule has 0 spiro atoms. The number of pyridine rings is 1. The van der Waals surface area contributed by atoms with E-state index in [0.29, 0.717) is 45.0 Å². The largest absolute Gasteiger partial charge is 0.497 e. The van der Waals surface area contributed by atoms with Gasteiger partial charge in [-0.15, -0.1) is 0 Å². The van der Waals surface area contributed by atoms with E-state index in [2.05, 4.69) is 9.98 Å². The summed E-state index contributed by atoms with van der Waals surface area (Å²) in [7, 11) is 3.12. The van der Waals surface area contributed by atoms with Gasteiger partial charge in [-0.1, -0.05) is 12.2 Å². The zero-order chi connectivity index (χ0) is 19.6. The summed E-state index contributed by atoms with van der Waals surface area (Å²) in [6, 6.07) is 6.98. The van der Waals surface area contributed by atoms with Crippen LogP contribution in [0.3, 0.4) is 0 Å². The van der Waals surface area contributed by atoms with E-state index in [1.165, 1.54) is 0 Å². The smallest absolute Gasteiger partial charge is 0.230 e. The van der Waals surface area contributed by atoms with Gasteiger partial charge in [-0.2, -0.15) is 0 Å². The van der Waals surface area contributed by atoms with Gasteiger partial charge in [0.2, 0.25) is 5.55 Å². The molecule has 3 rings (SSSR count). The number of methoxy groups -OCH3 is 2. The van der Waals surface area contributed by atoms with Crippen LogP contribution in [-0.4, -0.2) is 29.3 Å². The van der Waals surface area contributed by atoms with Gasteiger partial charge in [-0.25, -0.2) is 4.99 Å². The van der Waals surface area contributed by atoms with Crippen molar-refractivity contribution in [2.45, 2.75) is 13.5 Å². The summed E-state index contributed by atoms with van der Waals surface area (Å²) >= 11 is 5.17. The highest BCUT2D eigenvalue weighted by Crippen LogP contribution is 2.28. The first-order chi connectivity index (χ1) is 13.0. The standard InChI is InChI=1S/C19H19N3O4S/c1-10-17-15(11(9-23)8-21-10)7-16(18(20)27)19(26-17)22-12-4-13(24-2)6-14(5-12)25-3/h4-8,23H,9H2,1-3H3,(H2,20,27). The predicted molar refractivity (Wildman–Crippen MR) is 105 cm³/mol. The molecule has 8 heteroatoms. The molecular formula is C19H19N3O4S. The monoisotopic (exact) mass is 385 g/mol. The number of rotatable bonds is 5. The summed E-state index contributed by atoms with van der Waals surface area (Å²) in [5, 5.41) is 10.3. The van der Waals surface area contributed by atoms with E-state index in [1.54, 1.807) is 44.7 Å². The van der Waals surface area contributed by atoms with Crippen LogP contribution in [0.4, 0.5) is 5.69 Å². The van der Waals surface area contributed by atoms with Crippen LogP contribution in [0.2, 0.25) is 0 Å². The normalized spacial score (nSPS) is 11.6. The predicted octanol–water partition coefficient (Wildman–Crippen LogP) is 2.51. The zero-order valence-corrected chi connectivity index (χ0v) is 16.0. The van der Waals surface area contributed by atoms with Gasteiger partial charge in [0, 0.05) is 35.3 Å². The summed E-state index contributed by atoms with van der Waals surface area (Å²) < 4.78 is 16.5. The molecule has 0 saturated heterocycles. The van der Waals surface area contributed by atoms with Crippen molar-refractivity contribution in [2.24, 2.45) is 10.7 Å². The Morgan fingerprint density at radius 2 is 1.89 bits per heavy atom. The van der Waals surface area contributed by atoms with Crippen molar-refractivity contribution in [3.63, 3.8) is 0 Å². The molecule has 0 radical (unpaired) electrons. The number of nitrogens with zero attached hydrogens (tertiary/aromatic N) is 2.